The first-order valence-electron chi connectivity index (χ1n) is 12.9. The average Bonchev–Trinajstić information content (AvgIpc) is 2.86. The van der Waals surface area contributed by atoms with Crippen LogP contribution in [0, 0.1) is 20.8 Å². The van der Waals surface area contributed by atoms with Gasteiger partial charge in [-0.1, -0.05) is 0 Å². The van der Waals surface area contributed by atoms with Crippen LogP contribution >= 0.6 is 6.83 Å². The van der Waals surface area contributed by atoms with Gasteiger partial charge in [0.1, 0.15) is 0 Å². The predicted molar refractivity (Wildman–Crippen MR) is 158 cm³/mol. The Kier molecular flexibility index (Phi) is 10.4. The molecule has 0 amide bonds. The number of hydrogen-bond acceptors (Lipinski definition) is 7. The van der Waals surface area contributed by atoms with Gasteiger partial charge in [0.2, 0.25) is 0 Å². The molecular weight excluding hydrogens is 515 g/mol. The van der Waals surface area contributed by atoms with Crippen molar-refractivity contribution in [2.45, 2.75) is 33.6 Å². The van der Waals surface area contributed by atoms with Gasteiger partial charge in [0.05, 0.1) is 0 Å². The minimum absolute atomic E-state index is 0.228. The fourth-order valence-corrected chi connectivity index (χ4v) is 9.35. The molecule has 0 aromatic heterocycles. The van der Waals surface area contributed by atoms with E-state index in [-0.39, 0.29) is 36.9 Å². The van der Waals surface area contributed by atoms with Crippen molar-refractivity contribution < 1.29 is 33.7 Å². The number of aromatic hydroxyl groups is 2. The van der Waals surface area contributed by atoms with E-state index in [1.807, 2.05) is 45.0 Å². The van der Waals surface area contributed by atoms with Crippen LogP contribution in [0.4, 0.5) is 0 Å². The number of rotatable bonds is 14. The first kappa shape index (κ1) is 30.9. The van der Waals surface area contributed by atoms with Gasteiger partial charge in [0.15, 0.2) is 0 Å². The number of hydrogen-bond donors (Lipinski definition) is 2. The molecule has 3 rings (SSSR count). The van der Waals surface area contributed by atoms with Crippen LogP contribution in [0.15, 0.2) is 48.5 Å². The Balaban J connectivity index is 2.30. The Morgan fingerprint density at radius 1 is 0.538 bits per heavy atom. The monoisotopic (exact) mass is 558 g/mol. The standard InChI is InChI=1S/C31H43O7P/c1-22-8-10-29(32)25(12-22)16-27-14-24(3)15-28(17-26-13-23(2)9-11-30(26)33)31(27)38-39(18-34-4,19-35-5,20-36-6)21-37-7/h8-15,32-33H,16-21H2,1-7H3. The second-order valence-electron chi connectivity index (χ2n) is 10.7. The molecular formula is C31H43O7P. The molecule has 3 aromatic carbocycles. The van der Waals surface area contributed by atoms with Crippen LogP contribution < -0.4 is 4.52 Å². The zero-order valence-corrected chi connectivity index (χ0v) is 25.1. The summed E-state index contributed by atoms with van der Waals surface area (Å²) < 4.78 is 30.3. The van der Waals surface area contributed by atoms with Gasteiger partial charge in [-0.25, -0.2) is 0 Å². The molecule has 0 aliphatic heterocycles. The summed E-state index contributed by atoms with van der Waals surface area (Å²) in [6.07, 6.45) is 1.95. The molecule has 7 nitrogen and oxygen atoms in total. The van der Waals surface area contributed by atoms with Crippen LogP contribution in [0.5, 0.6) is 17.2 Å². The van der Waals surface area contributed by atoms with E-state index in [0.29, 0.717) is 18.6 Å². The van der Waals surface area contributed by atoms with E-state index in [2.05, 4.69) is 12.1 Å². The number of benzene rings is 3. The number of ether oxygens (including phenoxy) is 4. The van der Waals surface area contributed by atoms with Gasteiger partial charge in [-0.05, 0) is 0 Å². The molecule has 0 aliphatic carbocycles. The molecule has 0 fully saturated rings. The van der Waals surface area contributed by atoms with E-state index in [4.69, 9.17) is 23.5 Å². The van der Waals surface area contributed by atoms with Gasteiger partial charge in [-0.15, -0.1) is 0 Å². The SMILES string of the molecule is COCP(COC)(COC)(COC)Oc1c(Cc2cc(C)ccc2O)cc(C)cc1Cc1cc(C)ccc1O. The Hall–Kier alpha value is -2.67. The summed E-state index contributed by atoms with van der Waals surface area (Å²) in [5.74, 6) is 1.13. The van der Waals surface area contributed by atoms with E-state index < -0.39 is 6.83 Å². The summed E-state index contributed by atoms with van der Waals surface area (Å²) in [6, 6.07) is 15.4. The quantitative estimate of drug-likeness (QED) is 0.219. The van der Waals surface area contributed by atoms with Crippen LogP contribution in [-0.4, -0.2) is 64.0 Å². The van der Waals surface area contributed by atoms with Crippen LogP contribution in [-0.2, 0) is 31.8 Å². The molecule has 39 heavy (non-hydrogen) atoms. The van der Waals surface area contributed by atoms with Crippen molar-refractivity contribution in [1.82, 2.24) is 0 Å². The van der Waals surface area contributed by atoms with Gasteiger partial charge in [0, 0.05) is 0 Å². The Labute approximate surface area is 232 Å². The predicted octanol–water partition coefficient (Wildman–Crippen LogP) is 6.47. The summed E-state index contributed by atoms with van der Waals surface area (Å²) in [6.45, 7) is 2.58. The normalized spacial score (nSPS) is 12.7. The Morgan fingerprint density at radius 3 is 1.26 bits per heavy atom. The molecule has 0 spiro atoms. The van der Waals surface area contributed by atoms with Crippen molar-refractivity contribution >= 4 is 6.83 Å². The van der Waals surface area contributed by atoms with E-state index in [9.17, 15) is 10.2 Å². The summed E-state index contributed by atoms with van der Waals surface area (Å²) in [5.41, 5.74) is 6.57. The molecule has 2 N–H and O–H groups in total. The van der Waals surface area contributed by atoms with Gasteiger partial charge >= 0.3 is 233 Å². The molecule has 8 heteroatoms. The molecule has 0 radical (unpaired) electrons. The first-order chi connectivity index (χ1) is 18.6. The molecule has 0 heterocycles. The molecule has 0 aliphatic rings. The van der Waals surface area contributed by atoms with E-state index >= 15 is 0 Å². The second-order valence-corrected chi connectivity index (χ2v) is 15.6. The topological polar surface area (TPSA) is 86.6 Å². The summed E-state index contributed by atoms with van der Waals surface area (Å²) in [5, 5.41) is 21.4. The van der Waals surface area contributed by atoms with Crippen LogP contribution in [0.25, 0.3) is 0 Å². The fourth-order valence-electron chi connectivity index (χ4n) is 5.32. The van der Waals surface area contributed by atoms with Crippen molar-refractivity contribution in [3.8, 4) is 17.2 Å². The van der Waals surface area contributed by atoms with E-state index in [1.54, 1.807) is 40.6 Å². The van der Waals surface area contributed by atoms with Crippen LogP contribution in [0.2, 0.25) is 0 Å². The zero-order valence-electron chi connectivity index (χ0n) is 24.2. The maximum absolute atomic E-state index is 10.7. The van der Waals surface area contributed by atoms with Crippen molar-refractivity contribution in [2.24, 2.45) is 0 Å². The Bertz CT molecular complexity index is 1160. The van der Waals surface area contributed by atoms with Crippen LogP contribution in [0.3, 0.4) is 0 Å². The second kappa shape index (κ2) is 13.1. The van der Waals surface area contributed by atoms with Crippen molar-refractivity contribution in [2.75, 3.05) is 53.8 Å². The maximum atomic E-state index is 10.7. The van der Waals surface area contributed by atoms with Crippen molar-refractivity contribution in [1.29, 1.82) is 0 Å². The number of aryl methyl sites for hydroxylation is 3. The molecule has 3 aromatic rings. The van der Waals surface area contributed by atoms with E-state index in [0.717, 1.165) is 38.9 Å². The van der Waals surface area contributed by atoms with Gasteiger partial charge in [-0.2, -0.15) is 0 Å². The van der Waals surface area contributed by atoms with Gasteiger partial charge < -0.3 is 0 Å². The van der Waals surface area contributed by atoms with E-state index in [1.165, 1.54) is 0 Å². The third-order valence-electron chi connectivity index (χ3n) is 6.79. The minimum atomic E-state index is -3.47. The van der Waals surface area contributed by atoms with Crippen molar-refractivity contribution in [3.05, 3.63) is 87.5 Å². The average molecular weight is 559 g/mol. The zero-order chi connectivity index (χ0) is 28.7. The third kappa shape index (κ3) is 7.30. The number of phenols is 2. The Morgan fingerprint density at radius 2 is 0.897 bits per heavy atom. The summed E-state index contributed by atoms with van der Waals surface area (Å²) >= 11 is 0. The first-order valence-corrected chi connectivity index (χ1v) is 15.8. The number of phenolic OH excluding ortho intramolecular Hbond substituents is 2. The summed E-state index contributed by atoms with van der Waals surface area (Å²) in [7, 11) is 6.55. The molecule has 214 valence electrons. The number of methoxy groups -OCH3 is 4. The van der Waals surface area contributed by atoms with Crippen molar-refractivity contribution in [3.63, 3.8) is 0 Å². The molecule has 0 unspecified atom stereocenters. The van der Waals surface area contributed by atoms with Gasteiger partial charge in [0.25, 0.3) is 0 Å². The molecule has 0 atom stereocenters. The molecule has 0 saturated heterocycles. The van der Waals surface area contributed by atoms with Crippen LogP contribution in [0.1, 0.15) is 38.9 Å². The molecule has 0 bridgehead atoms. The summed E-state index contributed by atoms with van der Waals surface area (Å²) in [4.78, 5) is 0. The van der Waals surface area contributed by atoms with Gasteiger partial charge in [-0.3, -0.25) is 0 Å². The third-order valence-corrected chi connectivity index (χ3v) is 11.1. The molecule has 0 saturated carbocycles. The fraction of sp³-hybridized carbons (Fsp3) is 0.419.